The van der Waals surface area contributed by atoms with Crippen LogP contribution in [0, 0.1) is 6.92 Å². The van der Waals surface area contributed by atoms with Crippen molar-refractivity contribution in [3.63, 3.8) is 0 Å². The first-order valence-electron chi connectivity index (χ1n) is 8.12. The Balaban J connectivity index is 0.00000243. The predicted molar refractivity (Wildman–Crippen MR) is 100 cm³/mol. The van der Waals surface area contributed by atoms with Crippen molar-refractivity contribution in [2.24, 2.45) is 0 Å². The summed E-state index contributed by atoms with van der Waals surface area (Å²) in [5.41, 5.74) is 0. The number of likely N-dealkylation sites (N-methyl/N-ethyl adjacent to an activating group) is 1. The van der Waals surface area contributed by atoms with Gasteiger partial charge in [0.1, 0.15) is 5.76 Å². The highest BCUT2D eigenvalue weighted by molar-refractivity contribution is 7.99. The van der Waals surface area contributed by atoms with Gasteiger partial charge in [0.2, 0.25) is 11.8 Å². The van der Waals surface area contributed by atoms with E-state index in [2.05, 4.69) is 30.8 Å². The van der Waals surface area contributed by atoms with Crippen molar-refractivity contribution in [1.82, 2.24) is 25.5 Å². The monoisotopic (exact) mass is 402 g/mol. The molecule has 2 unspecified atom stereocenters. The highest BCUT2D eigenvalue weighted by Crippen LogP contribution is 2.22. The summed E-state index contributed by atoms with van der Waals surface area (Å²) in [7, 11) is 2.05. The molecule has 2 atom stereocenters. The Hall–Kier alpha value is -1.62. The molecule has 2 aromatic rings. The third kappa shape index (κ3) is 5.19. The van der Waals surface area contributed by atoms with Crippen LogP contribution in [0.4, 0.5) is 5.82 Å². The smallest absolute Gasteiger partial charge is 0.238 e. The van der Waals surface area contributed by atoms with Crippen LogP contribution in [0.15, 0.2) is 15.1 Å². The molecule has 3 heterocycles. The van der Waals surface area contributed by atoms with Crippen LogP contribution >= 0.6 is 24.2 Å². The zero-order valence-electron chi connectivity index (χ0n) is 14.9. The fourth-order valence-electron chi connectivity index (χ4n) is 2.48. The van der Waals surface area contributed by atoms with Crippen LogP contribution in [0.2, 0.25) is 0 Å². The van der Waals surface area contributed by atoms with E-state index >= 15 is 0 Å². The fraction of sp³-hybridized carbons (Fsp3) is 0.600. The van der Waals surface area contributed by atoms with Gasteiger partial charge in [0.15, 0.2) is 11.6 Å². The number of aromatic nitrogens is 3. The first-order valence-corrected chi connectivity index (χ1v) is 9.17. The Morgan fingerprint density at radius 1 is 1.50 bits per heavy atom. The minimum absolute atomic E-state index is 0. The van der Waals surface area contributed by atoms with Crippen LogP contribution in [0.5, 0.6) is 0 Å². The molecule has 0 bridgehead atoms. The summed E-state index contributed by atoms with van der Waals surface area (Å²) >= 11 is 1.43. The molecule has 0 radical (unpaired) electrons. The lowest BCUT2D eigenvalue weighted by molar-refractivity contribution is -0.115. The second-order valence-corrected chi connectivity index (χ2v) is 7.34. The van der Waals surface area contributed by atoms with Gasteiger partial charge in [-0.2, -0.15) is 4.98 Å². The van der Waals surface area contributed by atoms with Gasteiger partial charge in [-0.15, -0.1) is 24.2 Å². The highest BCUT2D eigenvalue weighted by atomic mass is 35.5. The standard InChI is InChI=1S/C15H22N6O3S.ClH/c1-9-6-12(19-23-9)17-15(22)10(2)25-8-13-18-14(20-24-13)11-7-16-4-5-21(11)3;/h6,10-11,16H,4-5,7-8H2,1-3H3,(H,17,19,22);1H. The lowest BCUT2D eigenvalue weighted by atomic mass is 10.2. The molecule has 0 aliphatic carbocycles. The number of anilines is 1. The van der Waals surface area contributed by atoms with E-state index in [-0.39, 0.29) is 29.6 Å². The molecule has 1 saturated heterocycles. The SMILES string of the molecule is Cc1cc(NC(=O)C(C)SCc2nc(C3CNCCN3C)no2)no1.Cl. The minimum atomic E-state index is -0.286. The molecule has 0 aromatic carbocycles. The van der Waals surface area contributed by atoms with Crippen LogP contribution < -0.4 is 10.6 Å². The van der Waals surface area contributed by atoms with Crippen LogP contribution in [-0.4, -0.2) is 58.0 Å². The van der Waals surface area contributed by atoms with E-state index in [0.29, 0.717) is 29.0 Å². The van der Waals surface area contributed by atoms with Crippen molar-refractivity contribution < 1.29 is 13.8 Å². The van der Waals surface area contributed by atoms with E-state index in [4.69, 9.17) is 9.05 Å². The van der Waals surface area contributed by atoms with Crippen molar-refractivity contribution in [1.29, 1.82) is 0 Å². The molecular formula is C15H23ClN6O3S. The summed E-state index contributed by atoms with van der Waals surface area (Å²) in [5.74, 6) is 2.60. The zero-order chi connectivity index (χ0) is 17.8. The van der Waals surface area contributed by atoms with E-state index in [9.17, 15) is 4.79 Å². The molecule has 9 nitrogen and oxygen atoms in total. The lowest BCUT2D eigenvalue weighted by Crippen LogP contribution is -2.44. The number of carbonyl (C=O) groups is 1. The highest BCUT2D eigenvalue weighted by Gasteiger charge is 2.25. The quantitative estimate of drug-likeness (QED) is 0.744. The Morgan fingerprint density at radius 2 is 2.31 bits per heavy atom. The molecule has 1 amide bonds. The van der Waals surface area contributed by atoms with Gasteiger partial charge in [-0.3, -0.25) is 9.69 Å². The van der Waals surface area contributed by atoms with Crippen LogP contribution in [0.3, 0.4) is 0 Å². The van der Waals surface area contributed by atoms with E-state index in [1.165, 1.54) is 11.8 Å². The molecule has 144 valence electrons. The number of rotatable bonds is 6. The lowest BCUT2D eigenvalue weighted by Gasteiger charge is -2.30. The molecule has 2 N–H and O–H groups in total. The third-order valence-electron chi connectivity index (χ3n) is 4.00. The number of halogens is 1. The summed E-state index contributed by atoms with van der Waals surface area (Å²) in [6, 6.07) is 1.79. The average Bonchev–Trinajstić information content (AvgIpc) is 3.22. The van der Waals surface area contributed by atoms with Crippen molar-refractivity contribution in [3.8, 4) is 0 Å². The molecule has 26 heavy (non-hydrogen) atoms. The van der Waals surface area contributed by atoms with Crippen molar-refractivity contribution in [2.45, 2.75) is 30.9 Å². The van der Waals surface area contributed by atoms with E-state index in [1.54, 1.807) is 13.0 Å². The Labute approximate surface area is 162 Å². The zero-order valence-corrected chi connectivity index (χ0v) is 16.5. The predicted octanol–water partition coefficient (Wildman–Crippen LogP) is 1.62. The maximum atomic E-state index is 12.1. The topological polar surface area (TPSA) is 109 Å². The van der Waals surface area contributed by atoms with Gasteiger partial charge in [-0.05, 0) is 20.9 Å². The van der Waals surface area contributed by atoms with E-state index < -0.39 is 0 Å². The van der Waals surface area contributed by atoms with Gasteiger partial charge in [0.05, 0.1) is 17.0 Å². The van der Waals surface area contributed by atoms with Gasteiger partial charge in [-0.25, -0.2) is 0 Å². The first-order chi connectivity index (χ1) is 12.0. The molecule has 0 spiro atoms. The summed E-state index contributed by atoms with van der Waals surface area (Å²) in [4.78, 5) is 18.8. The molecule has 1 fully saturated rings. The Bertz CT molecular complexity index is 724. The van der Waals surface area contributed by atoms with Gasteiger partial charge in [-0.1, -0.05) is 10.3 Å². The summed E-state index contributed by atoms with van der Waals surface area (Å²) < 4.78 is 10.3. The van der Waals surface area contributed by atoms with Crippen LogP contribution in [0.25, 0.3) is 0 Å². The number of nitrogens with zero attached hydrogens (tertiary/aromatic N) is 4. The van der Waals surface area contributed by atoms with Gasteiger partial charge in [0, 0.05) is 25.7 Å². The average molecular weight is 403 g/mol. The van der Waals surface area contributed by atoms with Crippen LogP contribution in [-0.2, 0) is 10.5 Å². The molecule has 1 aliphatic rings. The van der Waals surface area contributed by atoms with Crippen LogP contribution in [0.1, 0.15) is 30.4 Å². The molecule has 0 saturated carbocycles. The van der Waals surface area contributed by atoms with Crippen molar-refractivity contribution in [2.75, 3.05) is 32.0 Å². The second-order valence-electron chi connectivity index (χ2n) is 6.01. The van der Waals surface area contributed by atoms with E-state index in [0.717, 1.165) is 19.6 Å². The molecule has 2 aromatic heterocycles. The second kappa shape index (κ2) is 9.36. The molecular weight excluding hydrogens is 380 g/mol. The number of carbonyl (C=O) groups excluding carboxylic acids is 1. The number of hydrogen-bond donors (Lipinski definition) is 2. The normalized spacial score (nSPS) is 19.0. The number of hydrogen-bond acceptors (Lipinski definition) is 9. The van der Waals surface area contributed by atoms with Gasteiger partial charge >= 0.3 is 0 Å². The van der Waals surface area contributed by atoms with E-state index in [1.807, 2.05) is 14.0 Å². The molecule has 11 heteroatoms. The number of piperazine rings is 1. The molecule has 3 rings (SSSR count). The molecule has 1 aliphatic heterocycles. The van der Waals surface area contributed by atoms with Crippen molar-refractivity contribution >= 4 is 35.9 Å². The fourth-order valence-corrected chi connectivity index (χ4v) is 3.20. The minimum Gasteiger partial charge on any atom is -0.360 e. The Kier molecular flexibility index (Phi) is 7.44. The van der Waals surface area contributed by atoms with Gasteiger partial charge < -0.3 is 19.7 Å². The number of nitrogens with one attached hydrogen (secondary N) is 2. The number of amides is 1. The number of thioether (sulfide) groups is 1. The first kappa shape index (κ1) is 20.7. The maximum Gasteiger partial charge on any atom is 0.238 e. The van der Waals surface area contributed by atoms with Gasteiger partial charge in [0.25, 0.3) is 0 Å². The Morgan fingerprint density at radius 3 is 3.00 bits per heavy atom. The summed E-state index contributed by atoms with van der Waals surface area (Å²) in [5, 5.41) is 13.6. The largest absolute Gasteiger partial charge is 0.360 e. The third-order valence-corrected chi connectivity index (χ3v) is 5.13. The maximum absolute atomic E-state index is 12.1. The summed E-state index contributed by atoms with van der Waals surface area (Å²) in [6.07, 6.45) is 0. The number of aryl methyl sites for hydroxylation is 1. The van der Waals surface area contributed by atoms with Crippen molar-refractivity contribution in [3.05, 3.63) is 23.5 Å². The summed E-state index contributed by atoms with van der Waals surface area (Å²) in [6.45, 7) is 6.31.